The van der Waals surface area contributed by atoms with Gasteiger partial charge in [0.25, 0.3) is 0 Å². The summed E-state index contributed by atoms with van der Waals surface area (Å²) in [7, 11) is 1.46. The van der Waals surface area contributed by atoms with Gasteiger partial charge in [0.15, 0.2) is 6.10 Å². The van der Waals surface area contributed by atoms with Crippen molar-refractivity contribution in [2.75, 3.05) is 47.5 Å². The van der Waals surface area contributed by atoms with Crippen LogP contribution in [-0.2, 0) is 32.7 Å². The fourth-order valence-electron chi connectivity index (χ4n) is 4.77. The first kappa shape index (κ1) is 47.2. The van der Waals surface area contributed by atoms with Gasteiger partial charge in [0.05, 0.1) is 27.7 Å². The van der Waals surface area contributed by atoms with E-state index < -0.39 is 26.5 Å². The van der Waals surface area contributed by atoms with Crippen molar-refractivity contribution in [3.05, 3.63) is 36.5 Å². The van der Waals surface area contributed by atoms with Crippen LogP contribution in [0.15, 0.2) is 36.5 Å². The van der Waals surface area contributed by atoms with Crippen LogP contribution in [0.3, 0.4) is 0 Å². The molecule has 0 saturated heterocycles. The van der Waals surface area contributed by atoms with Crippen molar-refractivity contribution in [2.45, 2.75) is 155 Å². The summed E-state index contributed by atoms with van der Waals surface area (Å²) in [5.41, 5.74) is 0. The molecule has 0 fully saturated rings. The van der Waals surface area contributed by atoms with E-state index in [-0.39, 0.29) is 32.0 Å². The van der Waals surface area contributed by atoms with E-state index >= 15 is 0 Å². The molecule has 0 aromatic rings. The zero-order valence-corrected chi connectivity index (χ0v) is 32.8. The topological polar surface area (TPSA) is 108 Å². The van der Waals surface area contributed by atoms with E-state index in [1.165, 1.54) is 32.1 Å². The zero-order valence-electron chi connectivity index (χ0n) is 31.9. The Morgan fingerprint density at radius 3 is 1.63 bits per heavy atom. The average molecular weight is 715 g/mol. The Bertz CT molecular complexity index is 944. The molecule has 2 atom stereocenters. The van der Waals surface area contributed by atoms with E-state index in [1.807, 2.05) is 21.1 Å². The van der Waals surface area contributed by atoms with E-state index in [0.717, 1.165) is 83.5 Å². The molecular weight excluding hydrogens is 641 g/mol. The van der Waals surface area contributed by atoms with Gasteiger partial charge < -0.3 is 18.9 Å². The number of phosphoric acid groups is 1. The average Bonchev–Trinajstić information content (AvgIpc) is 3.04. The predicted octanol–water partition coefficient (Wildman–Crippen LogP) is 10.2. The van der Waals surface area contributed by atoms with Crippen LogP contribution in [-0.4, -0.2) is 74.9 Å². The van der Waals surface area contributed by atoms with Crippen molar-refractivity contribution in [2.24, 2.45) is 0 Å². The van der Waals surface area contributed by atoms with Crippen LogP contribution in [0.25, 0.3) is 0 Å². The fourth-order valence-corrected chi connectivity index (χ4v) is 5.52. The quantitative estimate of drug-likeness (QED) is 0.0231. The SMILES string of the molecule is CCCC/C=C\C/C=C\CCCCCCCC(=O)OC[C@H](COP(=O)(O)OCC[N+](C)(C)C)OC(=O)CCCCCCC/C=C\CCCC. The number of carbonyl (C=O) groups is 2. The second kappa shape index (κ2) is 32.2. The molecule has 10 heteroatoms. The minimum Gasteiger partial charge on any atom is -0.462 e. The van der Waals surface area contributed by atoms with Gasteiger partial charge in [-0.25, -0.2) is 4.57 Å². The molecule has 0 aliphatic carbocycles. The number of esters is 2. The van der Waals surface area contributed by atoms with Crippen LogP contribution >= 0.6 is 7.82 Å². The van der Waals surface area contributed by atoms with Crippen molar-refractivity contribution in [1.29, 1.82) is 0 Å². The van der Waals surface area contributed by atoms with E-state index in [2.05, 4.69) is 50.3 Å². The van der Waals surface area contributed by atoms with Gasteiger partial charge in [-0.15, -0.1) is 0 Å². The van der Waals surface area contributed by atoms with Crippen LogP contribution in [0.4, 0.5) is 0 Å². The molecule has 49 heavy (non-hydrogen) atoms. The Morgan fingerprint density at radius 2 is 1.10 bits per heavy atom. The van der Waals surface area contributed by atoms with Crippen LogP contribution in [0.2, 0.25) is 0 Å². The van der Waals surface area contributed by atoms with Gasteiger partial charge in [-0.05, 0) is 57.8 Å². The first-order chi connectivity index (χ1) is 23.5. The summed E-state index contributed by atoms with van der Waals surface area (Å²) in [6, 6.07) is 0. The first-order valence-electron chi connectivity index (χ1n) is 19.2. The number of hydrogen-bond donors (Lipinski definition) is 1. The standard InChI is InChI=1S/C39H72NO8P/c1-6-8-10-12-14-16-18-19-20-22-23-25-27-29-31-38(41)45-35-37(36-47-49(43,44)46-34-33-40(3,4)5)48-39(42)32-30-28-26-24-21-17-15-13-11-9-7-2/h12-15,18-19,37H,6-11,16-17,20-36H2,1-5H3/p+1/b14-12-,15-13-,19-18-/t37-/m1/s1. The number of likely N-dealkylation sites (N-methyl/N-ethyl adjacent to an activating group) is 1. The Kier molecular flexibility index (Phi) is 31.0. The summed E-state index contributed by atoms with van der Waals surface area (Å²) in [6.45, 7) is 4.29. The third-order valence-electron chi connectivity index (χ3n) is 7.89. The van der Waals surface area contributed by atoms with Crippen LogP contribution in [0, 0.1) is 0 Å². The lowest BCUT2D eigenvalue weighted by molar-refractivity contribution is -0.870. The molecule has 286 valence electrons. The third kappa shape index (κ3) is 35.8. The van der Waals surface area contributed by atoms with E-state index in [1.54, 1.807) is 0 Å². The number of quaternary nitrogens is 1. The summed E-state index contributed by atoms with van der Waals surface area (Å²) in [4.78, 5) is 35.1. The van der Waals surface area contributed by atoms with Gasteiger partial charge in [-0.2, -0.15) is 0 Å². The number of rotatable bonds is 34. The molecule has 0 aliphatic heterocycles. The number of carbonyl (C=O) groups excluding carboxylic acids is 2. The molecule has 9 nitrogen and oxygen atoms in total. The summed E-state index contributed by atoms with van der Waals surface area (Å²) in [5.74, 6) is -0.830. The van der Waals surface area contributed by atoms with Crippen molar-refractivity contribution in [1.82, 2.24) is 0 Å². The highest BCUT2D eigenvalue weighted by molar-refractivity contribution is 7.47. The summed E-state index contributed by atoms with van der Waals surface area (Å²) in [5, 5.41) is 0. The molecule has 0 saturated carbocycles. The van der Waals surface area contributed by atoms with Crippen LogP contribution < -0.4 is 0 Å². The number of unbranched alkanes of at least 4 members (excludes halogenated alkanes) is 14. The summed E-state index contributed by atoms with van der Waals surface area (Å²) >= 11 is 0. The molecule has 0 aromatic carbocycles. The maximum atomic E-state index is 12.6. The van der Waals surface area contributed by atoms with Crippen molar-refractivity contribution >= 4 is 19.8 Å². The van der Waals surface area contributed by atoms with Gasteiger partial charge in [0.1, 0.15) is 19.8 Å². The minimum atomic E-state index is -4.37. The molecule has 1 N–H and O–H groups in total. The van der Waals surface area contributed by atoms with Crippen molar-refractivity contribution < 1.29 is 42.1 Å². The van der Waals surface area contributed by atoms with Crippen molar-refractivity contribution in [3.8, 4) is 0 Å². The van der Waals surface area contributed by atoms with Gasteiger partial charge in [-0.3, -0.25) is 18.6 Å². The monoisotopic (exact) mass is 715 g/mol. The third-order valence-corrected chi connectivity index (χ3v) is 8.88. The molecule has 0 radical (unpaired) electrons. The lowest BCUT2D eigenvalue weighted by Gasteiger charge is -2.24. The molecule has 0 aliphatic rings. The second-order valence-electron chi connectivity index (χ2n) is 14.0. The zero-order chi connectivity index (χ0) is 36.5. The minimum absolute atomic E-state index is 0.0271. The first-order valence-corrected chi connectivity index (χ1v) is 20.7. The molecular formula is C39H73NO8P+. The van der Waals surface area contributed by atoms with Gasteiger partial charge in [0, 0.05) is 12.8 Å². The van der Waals surface area contributed by atoms with E-state index in [4.69, 9.17) is 18.5 Å². The smallest absolute Gasteiger partial charge is 0.462 e. The fraction of sp³-hybridized carbons (Fsp3) is 0.795. The molecule has 0 aromatic heterocycles. The lowest BCUT2D eigenvalue weighted by Crippen LogP contribution is -2.37. The maximum Gasteiger partial charge on any atom is 0.472 e. The van der Waals surface area contributed by atoms with E-state index in [9.17, 15) is 19.0 Å². The largest absolute Gasteiger partial charge is 0.472 e. The number of allylic oxidation sites excluding steroid dienone is 6. The molecule has 0 bridgehead atoms. The van der Waals surface area contributed by atoms with E-state index in [0.29, 0.717) is 17.4 Å². The number of hydrogen-bond acceptors (Lipinski definition) is 7. The normalized spacial score (nSPS) is 14.2. The number of ether oxygens (including phenoxy) is 2. The Morgan fingerprint density at radius 1 is 0.633 bits per heavy atom. The maximum absolute atomic E-state index is 12.6. The van der Waals surface area contributed by atoms with Crippen molar-refractivity contribution in [3.63, 3.8) is 0 Å². The van der Waals surface area contributed by atoms with Gasteiger partial charge in [0.2, 0.25) is 0 Å². The molecule has 0 amide bonds. The molecule has 1 unspecified atom stereocenters. The summed E-state index contributed by atoms with van der Waals surface area (Å²) < 4.78 is 34.1. The lowest BCUT2D eigenvalue weighted by atomic mass is 10.1. The number of phosphoric ester groups is 1. The Hall–Kier alpha value is -1.77. The highest BCUT2D eigenvalue weighted by Crippen LogP contribution is 2.43. The van der Waals surface area contributed by atoms with Crippen LogP contribution in [0.5, 0.6) is 0 Å². The highest BCUT2D eigenvalue weighted by atomic mass is 31.2. The molecule has 0 rings (SSSR count). The van der Waals surface area contributed by atoms with Crippen LogP contribution in [0.1, 0.15) is 149 Å². The van der Waals surface area contributed by atoms with Gasteiger partial charge >= 0.3 is 19.8 Å². The summed E-state index contributed by atoms with van der Waals surface area (Å²) in [6.07, 6.45) is 33.3. The van der Waals surface area contributed by atoms with Gasteiger partial charge in [-0.1, -0.05) is 115 Å². The molecule has 0 spiro atoms. The Labute approximate surface area is 300 Å². The predicted molar refractivity (Wildman–Crippen MR) is 201 cm³/mol. The Balaban J connectivity index is 4.47. The molecule has 0 heterocycles. The highest BCUT2D eigenvalue weighted by Gasteiger charge is 2.27. The number of nitrogens with zero attached hydrogens (tertiary/aromatic N) is 1. The second-order valence-corrected chi connectivity index (χ2v) is 15.4.